The molecule has 1 aliphatic rings. The topological polar surface area (TPSA) is 73.9 Å². The van der Waals surface area contributed by atoms with Crippen LogP contribution in [-0.4, -0.2) is 39.1 Å². The molecule has 1 saturated heterocycles. The van der Waals surface area contributed by atoms with Gasteiger partial charge in [0.15, 0.2) is 5.82 Å². The van der Waals surface area contributed by atoms with Crippen LogP contribution in [0.25, 0.3) is 0 Å². The molecule has 1 fully saturated rings. The number of rotatable bonds is 5. The Morgan fingerprint density at radius 3 is 2.72 bits per heavy atom. The van der Waals surface area contributed by atoms with Crippen LogP contribution < -0.4 is 5.32 Å². The smallest absolute Gasteiger partial charge is 0.251 e. The number of aryl methyl sites for hydroxylation is 1. The van der Waals surface area contributed by atoms with Crippen LogP contribution in [0.1, 0.15) is 66.2 Å². The number of carbonyl (C=O) groups excluding carboxylic acids is 1. The van der Waals surface area contributed by atoms with Gasteiger partial charge < -0.3 is 5.32 Å². The van der Waals surface area contributed by atoms with Crippen LogP contribution in [0.3, 0.4) is 0 Å². The lowest BCUT2D eigenvalue weighted by Gasteiger charge is -2.20. The van der Waals surface area contributed by atoms with E-state index in [9.17, 15) is 4.79 Å². The van der Waals surface area contributed by atoms with Gasteiger partial charge in [0.1, 0.15) is 5.82 Å². The number of likely N-dealkylation sites (tertiary alicyclic amines) is 1. The zero-order valence-electron chi connectivity index (χ0n) is 15.1. The number of hydrogen-bond acceptors (Lipinski definition) is 4. The third kappa shape index (κ3) is 4.89. The van der Waals surface area contributed by atoms with Crippen molar-refractivity contribution in [3.63, 3.8) is 0 Å². The third-order valence-electron chi connectivity index (χ3n) is 4.64. The van der Waals surface area contributed by atoms with Gasteiger partial charge in [-0.25, -0.2) is 4.98 Å². The zero-order chi connectivity index (χ0) is 17.6. The molecule has 1 amide bonds. The molecule has 25 heavy (non-hydrogen) atoms. The number of carbonyl (C=O) groups is 1. The van der Waals surface area contributed by atoms with E-state index in [1.54, 1.807) is 0 Å². The van der Waals surface area contributed by atoms with Crippen LogP contribution in [0.5, 0.6) is 0 Å². The van der Waals surface area contributed by atoms with E-state index in [1.807, 2.05) is 32.0 Å². The molecule has 0 unspecified atom stereocenters. The summed E-state index contributed by atoms with van der Waals surface area (Å²) in [6.07, 6.45) is 5.20. The molecule has 0 radical (unpaired) electrons. The van der Waals surface area contributed by atoms with Gasteiger partial charge in [-0.1, -0.05) is 25.0 Å². The fourth-order valence-corrected chi connectivity index (χ4v) is 3.26. The Morgan fingerprint density at radius 1 is 1.28 bits per heavy atom. The molecule has 134 valence electrons. The summed E-state index contributed by atoms with van der Waals surface area (Å²) in [5.41, 5.74) is 1.88. The molecule has 6 nitrogen and oxygen atoms in total. The third-order valence-corrected chi connectivity index (χ3v) is 4.64. The molecule has 1 aromatic carbocycles. The summed E-state index contributed by atoms with van der Waals surface area (Å²) in [5.74, 6) is 1.26. The Bertz CT molecular complexity index is 703. The Labute approximate surface area is 149 Å². The van der Waals surface area contributed by atoms with Crippen molar-refractivity contribution in [3.05, 3.63) is 47.0 Å². The summed E-state index contributed by atoms with van der Waals surface area (Å²) >= 11 is 0. The lowest BCUT2D eigenvalue weighted by atomic mass is 10.1. The highest BCUT2D eigenvalue weighted by Crippen LogP contribution is 2.15. The molecular formula is C19H27N5O. The monoisotopic (exact) mass is 341 g/mol. The number of benzene rings is 1. The number of nitrogens with one attached hydrogen (secondary N) is 2. The van der Waals surface area contributed by atoms with E-state index in [1.165, 1.54) is 31.2 Å². The highest BCUT2D eigenvalue weighted by Gasteiger charge is 2.16. The lowest BCUT2D eigenvalue weighted by Crippen LogP contribution is -2.28. The highest BCUT2D eigenvalue weighted by molar-refractivity contribution is 5.94. The molecule has 1 aromatic heterocycles. The molecular weight excluding hydrogens is 314 g/mol. The molecule has 2 heterocycles. The van der Waals surface area contributed by atoms with Crippen LogP contribution in [0.2, 0.25) is 0 Å². The number of aromatic nitrogens is 3. The van der Waals surface area contributed by atoms with E-state index >= 15 is 0 Å². The number of nitrogens with zero attached hydrogens (tertiary/aromatic N) is 3. The molecule has 2 aromatic rings. The van der Waals surface area contributed by atoms with Gasteiger partial charge >= 0.3 is 0 Å². The van der Waals surface area contributed by atoms with E-state index < -0.39 is 0 Å². The summed E-state index contributed by atoms with van der Waals surface area (Å²) in [4.78, 5) is 19.3. The average molecular weight is 341 g/mol. The van der Waals surface area contributed by atoms with Crippen molar-refractivity contribution in [1.82, 2.24) is 25.4 Å². The minimum absolute atomic E-state index is 0.0901. The van der Waals surface area contributed by atoms with E-state index in [2.05, 4.69) is 31.5 Å². The fraction of sp³-hybridized carbons (Fsp3) is 0.526. The normalized spacial score (nSPS) is 17.0. The maximum atomic E-state index is 12.5. The van der Waals surface area contributed by atoms with Gasteiger partial charge in [0.2, 0.25) is 0 Å². The summed E-state index contributed by atoms with van der Waals surface area (Å²) in [5, 5.41) is 9.88. The molecule has 6 heteroatoms. The van der Waals surface area contributed by atoms with Crippen LogP contribution in [0.15, 0.2) is 24.3 Å². The minimum Gasteiger partial charge on any atom is -0.342 e. The predicted octanol–water partition coefficient (Wildman–Crippen LogP) is 2.98. The first kappa shape index (κ1) is 17.6. The van der Waals surface area contributed by atoms with Crippen molar-refractivity contribution in [2.24, 2.45) is 0 Å². The first-order valence-electron chi connectivity index (χ1n) is 9.13. The molecule has 0 spiro atoms. The van der Waals surface area contributed by atoms with E-state index in [4.69, 9.17) is 0 Å². The van der Waals surface area contributed by atoms with Crippen LogP contribution >= 0.6 is 0 Å². The lowest BCUT2D eigenvalue weighted by molar-refractivity contribution is 0.0938. The first-order chi connectivity index (χ1) is 12.1. The number of H-pyrrole nitrogens is 1. The van der Waals surface area contributed by atoms with Crippen molar-refractivity contribution in [2.45, 2.75) is 52.1 Å². The number of aromatic amines is 1. The van der Waals surface area contributed by atoms with Crippen molar-refractivity contribution >= 4 is 5.91 Å². The van der Waals surface area contributed by atoms with Crippen molar-refractivity contribution in [2.75, 3.05) is 13.1 Å². The Hall–Kier alpha value is -2.21. The predicted molar refractivity (Wildman–Crippen MR) is 97.2 cm³/mol. The Balaban J connectivity index is 1.62. The first-order valence-corrected chi connectivity index (χ1v) is 9.13. The second-order valence-corrected chi connectivity index (χ2v) is 6.86. The van der Waals surface area contributed by atoms with Gasteiger partial charge in [0.05, 0.1) is 6.04 Å². The number of amides is 1. The highest BCUT2D eigenvalue weighted by atomic mass is 16.1. The molecule has 3 rings (SSSR count). The van der Waals surface area contributed by atoms with E-state index in [0.29, 0.717) is 11.4 Å². The standard InChI is InChI=1S/C19H27N5O/c1-14(18-21-15(2)22-23-18)20-19(25)17-9-7-8-16(12-17)13-24-10-5-3-4-6-11-24/h7-9,12,14H,3-6,10-11,13H2,1-2H3,(H,20,25)(H,21,22,23)/t14-/m0/s1. The summed E-state index contributed by atoms with van der Waals surface area (Å²) < 4.78 is 0. The average Bonchev–Trinajstić information content (AvgIpc) is 2.88. The van der Waals surface area contributed by atoms with E-state index in [0.717, 1.165) is 25.5 Å². The quantitative estimate of drug-likeness (QED) is 0.877. The molecule has 0 saturated carbocycles. The molecule has 1 atom stereocenters. The largest absolute Gasteiger partial charge is 0.342 e. The van der Waals surface area contributed by atoms with Crippen LogP contribution in [0, 0.1) is 6.92 Å². The summed E-state index contributed by atoms with van der Waals surface area (Å²) in [6, 6.07) is 7.69. The van der Waals surface area contributed by atoms with Crippen molar-refractivity contribution in [3.8, 4) is 0 Å². The SMILES string of the molecule is Cc1nc([C@H](C)NC(=O)c2cccc(CN3CCCCCC3)c2)n[nH]1. The van der Waals surface area contributed by atoms with Gasteiger partial charge in [-0.05, 0) is 57.5 Å². The fourth-order valence-electron chi connectivity index (χ4n) is 3.26. The molecule has 0 aliphatic carbocycles. The summed E-state index contributed by atoms with van der Waals surface area (Å²) in [6.45, 7) is 6.95. The van der Waals surface area contributed by atoms with Gasteiger partial charge in [-0.2, -0.15) is 5.10 Å². The van der Waals surface area contributed by atoms with Gasteiger partial charge in [0.25, 0.3) is 5.91 Å². The van der Waals surface area contributed by atoms with Gasteiger partial charge in [-0.15, -0.1) is 0 Å². The second-order valence-electron chi connectivity index (χ2n) is 6.86. The number of hydrogen-bond donors (Lipinski definition) is 2. The summed E-state index contributed by atoms with van der Waals surface area (Å²) in [7, 11) is 0. The Kier molecular flexibility index (Phi) is 5.81. The van der Waals surface area contributed by atoms with E-state index in [-0.39, 0.29) is 11.9 Å². The zero-order valence-corrected chi connectivity index (χ0v) is 15.1. The van der Waals surface area contributed by atoms with Crippen LogP contribution in [-0.2, 0) is 6.54 Å². The maximum absolute atomic E-state index is 12.5. The van der Waals surface area contributed by atoms with Gasteiger partial charge in [0, 0.05) is 12.1 Å². The second kappa shape index (κ2) is 8.25. The van der Waals surface area contributed by atoms with Crippen LogP contribution in [0.4, 0.5) is 0 Å². The molecule has 0 bridgehead atoms. The van der Waals surface area contributed by atoms with Gasteiger partial charge in [-0.3, -0.25) is 14.8 Å². The van der Waals surface area contributed by atoms with Crippen molar-refractivity contribution in [1.29, 1.82) is 0 Å². The maximum Gasteiger partial charge on any atom is 0.251 e. The Morgan fingerprint density at radius 2 is 2.04 bits per heavy atom. The molecule has 2 N–H and O–H groups in total. The molecule has 1 aliphatic heterocycles. The van der Waals surface area contributed by atoms with Crippen molar-refractivity contribution < 1.29 is 4.79 Å². The minimum atomic E-state index is -0.230.